The maximum absolute atomic E-state index is 12.7. The predicted octanol–water partition coefficient (Wildman–Crippen LogP) is 3.79. The first kappa shape index (κ1) is 22.2. The normalized spacial score (nSPS) is 10.9. The van der Waals surface area contributed by atoms with Gasteiger partial charge in [-0.2, -0.15) is 0 Å². The zero-order chi connectivity index (χ0) is 22.4. The molecular formula is C22H27N5O4. The van der Waals surface area contributed by atoms with Gasteiger partial charge in [0.1, 0.15) is 22.9 Å². The molecule has 2 heterocycles. The Bertz CT molecular complexity index is 1080. The molecule has 0 radical (unpaired) electrons. The van der Waals surface area contributed by atoms with Crippen molar-refractivity contribution in [2.75, 3.05) is 25.1 Å². The number of fused-ring (bicyclic) bond motifs is 1. The fourth-order valence-corrected chi connectivity index (χ4v) is 3.59. The third-order valence-electron chi connectivity index (χ3n) is 5.12. The summed E-state index contributed by atoms with van der Waals surface area (Å²) in [6, 6.07) is 10.4. The number of nitrogens with two attached hydrogens (primary N) is 1. The minimum atomic E-state index is -0.461. The van der Waals surface area contributed by atoms with Crippen molar-refractivity contribution in [3.63, 3.8) is 0 Å². The predicted molar refractivity (Wildman–Crippen MR) is 119 cm³/mol. The first-order valence-corrected chi connectivity index (χ1v) is 10.3. The molecule has 0 saturated carbocycles. The van der Waals surface area contributed by atoms with Crippen LogP contribution in [0.5, 0.6) is 5.75 Å². The maximum Gasteiger partial charge on any atom is 0.286 e. The van der Waals surface area contributed by atoms with Crippen molar-refractivity contribution in [2.24, 2.45) is 5.73 Å². The number of methoxy groups -OCH3 is 1. The molecule has 164 valence electrons. The Morgan fingerprint density at radius 2 is 1.94 bits per heavy atom. The molecule has 0 saturated heterocycles. The van der Waals surface area contributed by atoms with Crippen LogP contribution in [0.2, 0.25) is 0 Å². The van der Waals surface area contributed by atoms with Crippen LogP contribution in [-0.4, -0.2) is 40.4 Å². The molecule has 0 aliphatic rings. The van der Waals surface area contributed by atoms with Gasteiger partial charge < -0.3 is 10.5 Å². The molecule has 0 fully saturated rings. The summed E-state index contributed by atoms with van der Waals surface area (Å²) in [5.74, 6) is 0.936. The molecule has 0 atom stereocenters. The molecule has 0 spiro atoms. The zero-order valence-electron chi connectivity index (χ0n) is 17.8. The van der Waals surface area contributed by atoms with Crippen molar-refractivity contribution in [3.05, 3.63) is 52.7 Å². The topological polar surface area (TPSA) is 116 Å². The highest BCUT2D eigenvalue weighted by Crippen LogP contribution is 2.37. The molecule has 31 heavy (non-hydrogen) atoms. The van der Waals surface area contributed by atoms with Gasteiger partial charge in [-0.15, -0.1) is 0 Å². The van der Waals surface area contributed by atoms with Crippen LogP contribution in [-0.2, 0) is 4.79 Å². The van der Waals surface area contributed by atoms with Crippen molar-refractivity contribution in [1.82, 2.24) is 9.38 Å². The van der Waals surface area contributed by atoms with Crippen molar-refractivity contribution >= 4 is 23.1 Å². The molecule has 2 aromatic heterocycles. The van der Waals surface area contributed by atoms with E-state index in [1.165, 1.54) is 19.2 Å². The number of aromatic nitrogens is 2. The highest BCUT2D eigenvalue weighted by atomic mass is 16.6. The summed E-state index contributed by atoms with van der Waals surface area (Å²) in [4.78, 5) is 29.9. The van der Waals surface area contributed by atoms with E-state index in [1.807, 2.05) is 24.3 Å². The molecule has 0 aliphatic carbocycles. The van der Waals surface area contributed by atoms with Crippen LogP contribution in [0, 0.1) is 10.1 Å². The number of anilines is 1. The van der Waals surface area contributed by atoms with Crippen LogP contribution in [0.15, 0.2) is 42.6 Å². The molecule has 3 rings (SSSR count). The van der Waals surface area contributed by atoms with Crippen LogP contribution in [0.1, 0.15) is 32.6 Å². The van der Waals surface area contributed by atoms with Crippen molar-refractivity contribution in [3.8, 4) is 17.0 Å². The molecule has 0 aliphatic heterocycles. The smallest absolute Gasteiger partial charge is 0.286 e. The summed E-state index contributed by atoms with van der Waals surface area (Å²) in [6.45, 7) is 2.60. The summed E-state index contributed by atoms with van der Waals surface area (Å²) in [7, 11) is 1.57. The molecular weight excluding hydrogens is 398 g/mol. The minimum absolute atomic E-state index is 0.0795. The number of rotatable bonds is 10. The van der Waals surface area contributed by atoms with Crippen LogP contribution in [0.4, 0.5) is 11.5 Å². The number of para-hydroxylation sites is 1. The van der Waals surface area contributed by atoms with Gasteiger partial charge in [0, 0.05) is 25.1 Å². The Kier molecular flexibility index (Phi) is 7.19. The number of carbonyl (C=O) groups excluding carboxylic acids is 1. The van der Waals surface area contributed by atoms with Crippen LogP contribution < -0.4 is 15.4 Å². The molecule has 9 heteroatoms. The Morgan fingerprint density at radius 3 is 2.61 bits per heavy atom. The van der Waals surface area contributed by atoms with E-state index >= 15 is 0 Å². The lowest BCUT2D eigenvalue weighted by Gasteiger charge is -2.22. The van der Waals surface area contributed by atoms with Gasteiger partial charge in [0.2, 0.25) is 5.91 Å². The number of nitro groups is 1. The molecule has 1 aromatic carbocycles. The third kappa shape index (κ3) is 4.83. The SMILES string of the molecule is COc1ccccc1-c1nc2ccc([N+](=O)[O-])cn2c1N(CCCCCCN)C(C)=O. The second-order valence-corrected chi connectivity index (χ2v) is 7.23. The molecule has 0 bridgehead atoms. The van der Waals surface area contributed by atoms with Crippen molar-refractivity contribution in [2.45, 2.75) is 32.6 Å². The van der Waals surface area contributed by atoms with E-state index in [4.69, 9.17) is 15.5 Å². The third-order valence-corrected chi connectivity index (χ3v) is 5.12. The average Bonchev–Trinajstić information content (AvgIpc) is 3.14. The fraction of sp³-hybridized carbons (Fsp3) is 0.364. The summed E-state index contributed by atoms with van der Waals surface area (Å²) < 4.78 is 7.12. The van der Waals surface area contributed by atoms with E-state index in [-0.39, 0.29) is 11.6 Å². The van der Waals surface area contributed by atoms with Crippen LogP contribution >= 0.6 is 0 Å². The lowest BCUT2D eigenvalue weighted by atomic mass is 10.1. The van der Waals surface area contributed by atoms with Gasteiger partial charge in [0.15, 0.2) is 0 Å². The van der Waals surface area contributed by atoms with Gasteiger partial charge in [-0.05, 0) is 37.6 Å². The summed E-state index contributed by atoms with van der Waals surface area (Å²) in [5, 5.41) is 11.4. The van der Waals surface area contributed by atoms with Gasteiger partial charge in [-0.3, -0.25) is 24.2 Å². The van der Waals surface area contributed by atoms with Crippen molar-refractivity contribution < 1.29 is 14.5 Å². The number of ether oxygens (including phenoxy) is 1. The van der Waals surface area contributed by atoms with Gasteiger partial charge in [-0.25, -0.2) is 4.98 Å². The zero-order valence-corrected chi connectivity index (χ0v) is 17.8. The second kappa shape index (κ2) is 10.0. The quantitative estimate of drug-likeness (QED) is 0.300. The lowest BCUT2D eigenvalue weighted by Crippen LogP contribution is -2.31. The van der Waals surface area contributed by atoms with E-state index in [0.717, 1.165) is 25.7 Å². The number of pyridine rings is 1. The average molecular weight is 425 g/mol. The number of imidazole rings is 1. The van der Waals surface area contributed by atoms with E-state index in [2.05, 4.69) is 0 Å². The lowest BCUT2D eigenvalue weighted by molar-refractivity contribution is -0.385. The minimum Gasteiger partial charge on any atom is -0.496 e. The monoisotopic (exact) mass is 425 g/mol. The standard InChI is InChI=1S/C22H27N5O4/c1-16(28)25(14-8-4-3-7-13-23)22-21(18-9-5-6-10-19(18)31-2)24-20-12-11-17(27(29)30)15-26(20)22/h5-6,9-12,15H,3-4,7-8,13-14,23H2,1-2H3. The van der Waals surface area contributed by atoms with Crippen LogP contribution in [0.25, 0.3) is 16.9 Å². The first-order chi connectivity index (χ1) is 15.0. The molecule has 3 aromatic rings. The van der Waals surface area contributed by atoms with Crippen molar-refractivity contribution in [1.29, 1.82) is 0 Å². The first-order valence-electron chi connectivity index (χ1n) is 10.3. The van der Waals surface area contributed by atoms with Gasteiger partial charge in [-0.1, -0.05) is 25.0 Å². The van der Waals surface area contributed by atoms with Gasteiger partial charge in [0.25, 0.3) is 5.69 Å². The summed E-state index contributed by atoms with van der Waals surface area (Å²) in [5.41, 5.74) is 7.24. The van der Waals surface area contributed by atoms with Gasteiger partial charge >= 0.3 is 0 Å². The Balaban J connectivity index is 2.15. The number of hydrogen-bond acceptors (Lipinski definition) is 6. The number of benzene rings is 1. The number of unbranched alkanes of at least 4 members (excludes halogenated alkanes) is 3. The largest absolute Gasteiger partial charge is 0.496 e. The van der Waals surface area contributed by atoms with E-state index in [1.54, 1.807) is 22.5 Å². The summed E-state index contributed by atoms with van der Waals surface area (Å²) in [6.07, 6.45) is 5.05. The second-order valence-electron chi connectivity index (χ2n) is 7.23. The highest BCUT2D eigenvalue weighted by molar-refractivity contribution is 5.96. The molecule has 0 unspecified atom stereocenters. The summed E-state index contributed by atoms with van der Waals surface area (Å²) >= 11 is 0. The molecule has 1 amide bonds. The number of carbonyl (C=O) groups is 1. The fourth-order valence-electron chi connectivity index (χ4n) is 3.59. The maximum atomic E-state index is 12.7. The highest BCUT2D eigenvalue weighted by Gasteiger charge is 2.25. The van der Waals surface area contributed by atoms with Gasteiger partial charge in [0.05, 0.1) is 18.2 Å². The van der Waals surface area contributed by atoms with Crippen LogP contribution in [0.3, 0.4) is 0 Å². The van der Waals surface area contributed by atoms with E-state index in [0.29, 0.717) is 41.6 Å². The number of amides is 1. The Morgan fingerprint density at radius 1 is 1.19 bits per heavy atom. The van der Waals surface area contributed by atoms with E-state index < -0.39 is 4.92 Å². The Hall–Kier alpha value is -3.46. The number of hydrogen-bond donors (Lipinski definition) is 1. The molecule has 2 N–H and O–H groups in total. The van der Waals surface area contributed by atoms with E-state index in [9.17, 15) is 14.9 Å². The number of nitrogens with zero attached hydrogens (tertiary/aromatic N) is 4. The molecule has 9 nitrogen and oxygen atoms in total. The Labute approximate surface area is 180 Å².